The largest absolute Gasteiger partial charge is 0.542 e. The molecule has 124 valence electrons. The first-order valence-corrected chi connectivity index (χ1v) is 11.8. The van der Waals surface area contributed by atoms with E-state index in [1.807, 2.05) is 50.0 Å². The maximum atomic E-state index is 6.31. The van der Waals surface area contributed by atoms with Crippen LogP contribution in [-0.4, -0.2) is 8.32 Å². The average Bonchev–Trinajstić information content (AvgIpc) is 2.50. The third-order valence-corrected chi connectivity index (χ3v) is 5.27. The summed E-state index contributed by atoms with van der Waals surface area (Å²) in [7, 11) is -1.92. The average molecular weight is 410 g/mol. The van der Waals surface area contributed by atoms with Gasteiger partial charge in [0.2, 0.25) is 8.32 Å². The zero-order valence-corrected chi connectivity index (χ0v) is 16.9. The molecular weight excluding hydrogens is 394 g/mol. The zero-order chi connectivity index (χ0) is 17.2. The van der Waals surface area contributed by atoms with Gasteiger partial charge in [-0.2, -0.15) is 0 Å². The van der Waals surface area contributed by atoms with Crippen molar-refractivity contribution in [2.24, 2.45) is 0 Å². The van der Waals surface area contributed by atoms with E-state index >= 15 is 0 Å². The normalized spacial score (nSPS) is 11.4. The van der Waals surface area contributed by atoms with Crippen LogP contribution < -0.4 is 9.16 Å². The Morgan fingerprint density at radius 1 is 0.783 bits per heavy atom. The van der Waals surface area contributed by atoms with Crippen LogP contribution in [0, 0.1) is 0 Å². The van der Waals surface area contributed by atoms with Crippen LogP contribution in [0.25, 0.3) is 0 Å². The van der Waals surface area contributed by atoms with E-state index in [1.165, 1.54) is 0 Å². The second-order valence-corrected chi connectivity index (χ2v) is 11.8. The second-order valence-electron chi connectivity index (χ2n) is 5.90. The van der Waals surface area contributed by atoms with Gasteiger partial charge >= 0.3 is 0 Å². The van der Waals surface area contributed by atoms with E-state index in [2.05, 4.69) is 0 Å². The van der Waals surface area contributed by atoms with E-state index < -0.39 is 8.32 Å². The molecule has 2 nitrogen and oxygen atoms in total. The van der Waals surface area contributed by atoms with Crippen molar-refractivity contribution in [2.45, 2.75) is 26.2 Å². The van der Waals surface area contributed by atoms with Crippen LogP contribution in [0.4, 0.5) is 0 Å². The Hall–Kier alpha value is -0.583. The summed E-state index contributed by atoms with van der Waals surface area (Å²) in [6.07, 6.45) is 0. The molecule has 0 N–H and O–H groups in total. The van der Waals surface area contributed by atoms with Crippen molar-refractivity contribution < 1.29 is 9.16 Å². The number of halogens is 4. The van der Waals surface area contributed by atoms with Gasteiger partial charge < -0.3 is 9.16 Å². The highest BCUT2D eigenvalue weighted by atomic mass is 35.5. The molecule has 0 atom stereocenters. The number of hydrogen-bond acceptors (Lipinski definition) is 2. The van der Waals surface area contributed by atoms with E-state index in [1.54, 1.807) is 0 Å². The third kappa shape index (κ3) is 4.71. The molecule has 2 aromatic carbocycles. The summed E-state index contributed by atoms with van der Waals surface area (Å²) < 4.78 is 11.6. The minimum Gasteiger partial charge on any atom is -0.542 e. The van der Waals surface area contributed by atoms with Crippen molar-refractivity contribution in [3.63, 3.8) is 0 Å². The first kappa shape index (κ1) is 18.8. The molecule has 0 heterocycles. The molecule has 0 radical (unpaired) electrons. The van der Waals surface area contributed by atoms with Gasteiger partial charge in [0.15, 0.2) is 5.75 Å². The van der Waals surface area contributed by atoms with Crippen LogP contribution in [0.2, 0.25) is 39.7 Å². The molecule has 0 spiro atoms. The van der Waals surface area contributed by atoms with Gasteiger partial charge in [0.05, 0.1) is 0 Å². The molecule has 0 amide bonds. The smallest absolute Gasteiger partial charge is 0.242 e. The Kier molecular flexibility index (Phi) is 6.14. The van der Waals surface area contributed by atoms with Gasteiger partial charge in [0.1, 0.15) is 32.4 Å². The van der Waals surface area contributed by atoms with Gasteiger partial charge in [-0.3, -0.25) is 0 Å². The van der Waals surface area contributed by atoms with E-state index in [0.717, 1.165) is 5.56 Å². The number of rotatable bonds is 5. The van der Waals surface area contributed by atoms with Crippen molar-refractivity contribution in [3.05, 3.63) is 56.0 Å². The lowest BCUT2D eigenvalue weighted by Crippen LogP contribution is -2.29. The topological polar surface area (TPSA) is 18.5 Å². The first-order valence-electron chi connectivity index (χ1n) is 6.92. The Labute approximate surface area is 157 Å². The third-order valence-electron chi connectivity index (χ3n) is 2.82. The number of hydrogen-bond donors (Lipinski definition) is 0. The predicted octanol–water partition coefficient (Wildman–Crippen LogP) is 7.09. The Bertz CT molecular complexity index is 670. The van der Waals surface area contributed by atoms with Crippen molar-refractivity contribution in [3.8, 4) is 11.5 Å². The van der Waals surface area contributed by atoms with E-state index in [-0.39, 0.29) is 25.8 Å². The lowest BCUT2D eigenvalue weighted by atomic mass is 10.2. The van der Waals surface area contributed by atoms with Gasteiger partial charge in [-0.25, -0.2) is 0 Å². The molecule has 23 heavy (non-hydrogen) atoms. The van der Waals surface area contributed by atoms with Crippen LogP contribution in [-0.2, 0) is 6.61 Å². The fourth-order valence-electron chi connectivity index (χ4n) is 1.84. The molecule has 2 aromatic rings. The molecule has 0 aliphatic heterocycles. The van der Waals surface area contributed by atoms with Crippen LogP contribution in [0.1, 0.15) is 5.56 Å². The summed E-state index contributed by atoms with van der Waals surface area (Å²) in [5, 5.41) is 0.827. The van der Waals surface area contributed by atoms with Crippen molar-refractivity contribution in [1.29, 1.82) is 0 Å². The van der Waals surface area contributed by atoms with E-state index in [9.17, 15) is 0 Å². The molecule has 0 saturated carbocycles. The SMILES string of the molecule is C[Si](C)(C)Oc1c(Cl)c(Cl)c(OCc2ccccc2)c(Cl)c1Cl. The lowest BCUT2D eigenvalue weighted by Gasteiger charge is -2.23. The van der Waals surface area contributed by atoms with E-state index in [0.29, 0.717) is 12.4 Å². The molecule has 0 aliphatic carbocycles. The van der Waals surface area contributed by atoms with Crippen molar-refractivity contribution >= 4 is 54.7 Å². The summed E-state index contributed by atoms with van der Waals surface area (Å²) in [6, 6.07) is 9.65. The maximum Gasteiger partial charge on any atom is 0.242 e. The fourth-order valence-corrected chi connectivity index (χ4v) is 3.79. The Morgan fingerprint density at radius 2 is 1.26 bits per heavy atom. The molecule has 0 aromatic heterocycles. The summed E-state index contributed by atoms with van der Waals surface area (Å²) in [6.45, 7) is 6.35. The quantitative estimate of drug-likeness (QED) is 0.387. The van der Waals surface area contributed by atoms with Gasteiger partial charge in [-0.1, -0.05) is 76.7 Å². The molecule has 2 rings (SSSR count). The minimum absolute atomic E-state index is 0.199. The van der Waals surface area contributed by atoms with Gasteiger partial charge in [-0.05, 0) is 25.2 Å². The summed E-state index contributed by atoms with van der Waals surface area (Å²) in [5.41, 5.74) is 0.981. The summed E-state index contributed by atoms with van der Waals surface area (Å²) >= 11 is 25.2. The van der Waals surface area contributed by atoms with Crippen molar-refractivity contribution in [2.75, 3.05) is 0 Å². The minimum atomic E-state index is -1.92. The van der Waals surface area contributed by atoms with Crippen molar-refractivity contribution in [1.82, 2.24) is 0 Å². The van der Waals surface area contributed by atoms with Gasteiger partial charge in [-0.15, -0.1) is 0 Å². The Morgan fingerprint density at radius 3 is 1.74 bits per heavy atom. The number of benzene rings is 2. The predicted molar refractivity (Wildman–Crippen MR) is 101 cm³/mol. The summed E-state index contributed by atoms with van der Waals surface area (Å²) in [5.74, 6) is 0.574. The molecule has 0 aliphatic rings. The van der Waals surface area contributed by atoms with Crippen LogP contribution >= 0.6 is 46.4 Å². The zero-order valence-electron chi connectivity index (χ0n) is 12.9. The monoisotopic (exact) mass is 408 g/mol. The molecule has 0 bridgehead atoms. The van der Waals surface area contributed by atoms with E-state index in [4.69, 9.17) is 55.6 Å². The first-order chi connectivity index (χ1) is 10.7. The highest BCUT2D eigenvalue weighted by Crippen LogP contribution is 2.50. The molecular formula is C16H16Cl4O2Si. The Balaban J connectivity index is 2.35. The lowest BCUT2D eigenvalue weighted by molar-refractivity contribution is 0.306. The highest BCUT2D eigenvalue weighted by Gasteiger charge is 2.26. The standard InChI is InChI=1S/C16H16Cl4O2Si/c1-23(2,3)22-16-13(19)11(17)15(12(18)14(16)20)21-9-10-7-5-4-6-8-10/h4-8H,9H2,1-3H3. The molecule has 0 saturated heterocycles. The molecule has 7 heteroatoms. The summed E-state index contributed by atoms with van der Waals surface area (Å²) in [4.78, 5) is 0. The number of ether oxygens (including phenoxy) is 1. The van der Waals surface area contributed by atoms with Gasteiger partial charge in [0.25, 0.3) is 0 Å². The van der Waals surface area contributed by atoms with Crippen LogP contribution in [0.15, 0.2) is 30.3 Å². The molecule has 0 fully saturated rings. The van der Waals surface area contributed by atoms with Crippen LogP contribution in [0.3, 0.4) is 0 Å². The molecule has 0 unspecified atom stereocenters. The van der Waals surface area contributed by atoms with Crippen LogP contribution in [0.5, 0.6) is 11.5 Å². The highest BCUT2D eigenvalue weighted by molar-refractivity contribution is 6.70. The fraction of sp³-hybridized carbons (Fsp3) is 0.250. The van der Waals surface area contributed by atoms with Gasteiger partial charge in [0, 0.05) is 0 Å². The maximum absolute atomic E-state index is 6.31. The second kappa shape index (κ2) is 7.54.